The number of ether oxygens (including phenoxy) is 1. The Kier molecular flexibility index (Phi) is 6.08. The third-order valence-corrected chi connectivity index (χ3v) is 5.57. The molecule has 2 fully saturated rings. The van der Waals surface area contributed by atoms with Crippen molar-refractivity contribution >= 4 is 12.0 Å². The second-order valence-electron chi connectivity index (χ2n) is 8.75. The fourth-order valence-corrected chi connectivity index (χ4v) is 4.05. The molecule has 0 bridgehead atoms. The van der Waals surface area contributed by atoms with Crippen LogP contribution in [0.25, 0.3) is 0 Å². The topological polar surface area (TPSA) is 49.9 Å². The zero-order valence-electron chi connectivity index (χ0n) is 16.8. The molecule has 0 aromatic heterocycles. The Labute approximate surface area is 162 Å². The predicted molar refractivity (Wildman–Crippen MR) is 106 cm³/mol. The Bertz CT molecular complexity index is 637. The minimum atomic E-state index is -0.479. The molecule has 3 rings (SSSR count). The van der Waals surface area contributed by atoms with Crippen molar-refractivity contribution < 1.29 is 14.3 Å². The SMILES string of the molecule is CC(C)(C)OC(=O)N1CCC(C(=O)N2CCC(c3ccccc3)CC2)CC1. The van der Waals surface area contributed by atoms with Crippen LogP contribution in [-0.4, -0.2) is 53.6 Å². The molecule has 1 aromatic carbocycles. The summed E-state index contributed by atoms with van der Waals surface area (Å²) in [6.07, 6.45) is 3.27. The quantitative estimate of drug-likeness (QED) is 0.787. The van der Waals surface area contributed by atoms with Crippen LogP contribution in [0.5, 0.6) is 0 Å². The second-order valence-corrected chi connectivity index (χ2v) is 8.75. The summed E-state index contributed by atoms with van der Waals surface area (Å²) in [4.78, 5) is 28.8. The first-order valence-electron chi connectivity index (χ1n) is 10.1. The zero-order valence-corrected chi connectivity index (χ0v) is 16.8. The van der Waals surface area contributed by atoms with Gasteiger partial charge in [0.2, 0.25) is 5.91 Å². The van der Waals surface area contributed by atoms with Gasteiger partial charge in [0.25, 0.3) is 0 Å². The number of amides is 2. The van der Waals surface area contributed by atoms with Gasteiger partial charge in [0, 0.05) is 32.1 Å². The van der Waals surface area contributed by atoms with Gasteiger partial charge in [-0.3, -0.25) is 4.79 Å². The lowest BCUT2D eigenvalue weighted by atomic mass is 9.88. The Morgan fingerprint density at radius 1 is 0.889 bits per heavy atom. The Balaban J connectivity index is 1.45. The van der Waals surface area contributed by atoms with E-state index < -0.39 is 5.60 Å². The molecular weight excluding hydrogens is 340 g/mol. The molecule has 27 heavy (non-hydrogen) atoms. The molecular formula is C22H32N2O3. The van der Waals surface area contributed by atoms with Gasteiger partial charge in [-0.25, -0.2) is 4.79 Å². The van der Waals surface area contributed by atoms with Crippen LogP contribution < -0.4 is 0 Å². The van der Waals surface area contributed by atoms with Gasteiger partial charge < -0.3 is 14.5 Å². The molecule has 5 heteroatoms. The molecule has 0 radical (unpaired) electrons. The number of piperidine rings is 2. The largest absolute Gasteiger partial charge is 0.444 e. The number of carbonyl (C=O) groups is 2. The van der Waals surface area contributed by atoms with Crippen molar-refractivity contribution in [1.29, 1.82) is 0 Å². The molecule has 2 saturated heterocycles. The smallest absolute Gasteiger partial charge is 0.410 e. The molecule has 0 spiro atoms. The average Bonchev–Trinajstić information content (AvgIpc) is 2.67. The average molecular weight is 373 g/mol. The first-order valence-corrected chi connectivity index (χ1v) is 10.1. The van der Waals surface area contributed by atoms with Crippen molar-refractivity contribution in [1.82, 2.24) is 9.80 Å². The van der Waals surface area contributed by atoms with Gasteiger partial charge in [-0.2, -0.15) is 0 Å². The highest BCUT2D eigenvalue weighted by molar-refractivity contribution is 5.79. The molecule has 5 nitrogen and oxygen atoms in total. The fourth-order valence-electron chi connectivity index (χ4n) is 4.05. The van der Waals surface area contributed by atoms with Gasteiger partial charge in [0.05, 0.1) is 0 Å². The number of hydrogen-bond donors (Lipinski definition) is 0. The number of nitrogens with zero attached hydrogens (tertiary/aromatic N) is 2. The fraction of sp³-hybridized carbons (Fsp3) is 0.636. The Morgan fingerprint density at radius 2 is 1.44 bits per heavy atom. The first kappa shape index (κ1) is 19.7. The molecule has 2 amide bonds. The van der Waals surface area contributed by atoms with Crippen LogP contribution in [-0.2, 0) is 9.53 Å². The van der Waals surface area contributed by atoms with E-state index in [1.54, 1.807) is 4.90 Å². The van der Waals surface area contributed by atoms with Crippen molar-refractivity contribution in [3.8, 4) is 0 Å². The van der Waals surface area contributed by atoms with Crippen LogP contribution in [0.4, 0.5) is 4.79 Å². The highest BCUT2D eigenvalue weighted by Gasteiger charge is 2.33. The van der Waals surface area contributed by atoms with Crippen molar-refractivity contribution in [2.75, 3.05) is 26.2 Å². The minimum absolute atomic E-state index is 0.0389. The van der Waals surface area contributed by atoms with Crippen LogP contribution in [0.3, 0.4) is 0 Å². The normalized spacial score (nSPS) is 19.8. The third-order valence-electron chi connectivity index (χ3n) is 5.57. The third kappa shape index (κ3) is 5.24. The van der Waals surface area contributed by atoms with Crippen LogP contribution in [0.2, 0.25) is 0 Å². The molecule has 0 atom stereocenters. The first-order chi connectivity index (χ1) is 12.8. The van der Waals surface area contributed by atoms with Gasteiger partial charge in [0.1, 0.15) is 5.60 Å². The van der Waals surface area contributed by atoms with Gasteiger partial charge >= 0.3 is 6.09 Å². The number of likely N-dealkylation sites (tertiary alicyclic amines) is 2. The van der Waals surface area contributed by atoms with Crippen LogP contribution >= 0.6 is 0 Å². The maximum atomic E-state index is 12.9. The predicted octanol–water partition coefficient (Wildman–Crippen LogP) is 4.04. The van der Waals surface area contributed by atoms with E-state index in [1.165, 1.54) is 5.56 Å². The van der Waals surface area contributed by atoms with Crippen molar-refractivity contribution in [3.05, 3.63) is 35.9 Å². The van der Waals surface area contributed by atoms with E-state index in [9.17, 15) is 9.59 Å². The summed E-state index contributed by atoms with van der Waals surface area (Å²) >= 11 is 0. The van der Waals surface area contributed by atoms with Crippen molar-refractivity contribution in [3.63, 3.8) is 0 Å². The van der Waals surface area contributed by atoms with Crippen molar-refractivity contribution in [2.24, 2.45) is 5.92 Å². The molecule has 0 N–H and O–H groups in total. The van der Waals surface area contributed by atoms with Crippen LogP contribution in [0.1, 0.15) is 57.9 Å². The molecule has 0 unspecified atom stereocenters. The van der Waals surface area contributed by atoms with E-state index in [2.05, 4.69) is 24.3 Å². The maximum absolute atomic E-state index is 12.9. The Hall–Kier alpha value is -2.04. The molecule has 2 aliphatic rings. The van der Waals surface area contributed by atoms with E-state index in [0.29, 0.717) is 19.0 Å². The summed E-state index contributed by atoms with van der Waals surface area (Å²) in [5, 5.41) is 0. The molecule has 2 aliphatic heterocycles. The summed E-state index contributed by atoms with van der Waals surface area (Å²) in [7, 11) is 0. The summed E-state index contributed by atoms with van der Waals surface area (Å²) in [6, 6.07) is 10.6. The summed E-state index contributed by atoms with van der Waals surface area (Å²) in [6.45, 7) is 8.51. The second kappa shape index (κ2) is 8.32. The van der Waals surface area contributed by atoms with E-state index in [0.717, 1.165) is 38.8 Å². The lowest BCUT2D eigenvalue weighted by molar-refractivity contribution is -0.138. The molecule has 0 aliphatic carbocycles. The number of benzene rings is 1. The summed E-state index contributed by atoms with van der Waals surface area (Å²) in [5.41, 5.74) is 0.905. The molecule has 148 valence electrons. The summed E-state index contributed by atoms with van der Waals surface area (Å²) < 4.78 is 5.43. The van der Waals surface area contributed by atoms with Gasteiger partial charge in [0.15, 0.2) is 0 Å². The van der Waals surface area contributed by atoms with E-state index in [4.69, 9.17) is 4.74 Å². The highest BCUT2D eigenvalue weighted by atomic mass is 16.6. The van der Waals surface area contributed by atoms with Gasteiger partial charge in [-0.15, -0.1) is 0 Å². The lowest BCUT2D eigenvalue weighted by Gasteiger charge is -2.37. The Morgan fingerprint density at radius 3 is 2.00 bits per heavy atom. The van der Waals surface area contributed by atoms with Gasteiger partial charge in [-0.1, -0.05) is 30.3 Å². The molecule has 0 saturated carbocycles. The van der Waals surface area contributed by atoms with E-state index in [-0.39, 0.29) is 17.9 Å². The monoisotopic (exact) mass is 372 g/mol. The lowest BCUT2D eigenvalue weighted by Crippen LogP contribution is -2.47. The number of carbonyl (C=O) groups excluding carboxylic acids is 2. The number of rotatable bonds is 2. The minimum Gasteiger partial charge on any atom is -0.444 e. The maximum Gasteiger partial charge on any atom is 0.410 e. The van der Waals surface area contributed by atoms with Crippen molar-refractivity contribution in [2.45, 2.75) is 58.0 Å². The molecule has 2 heterocycles. The standard InChI is InChI=1S/C22H32N2O3/c1-22(2,3)27-21(26)24-15-11-19(12-16-24)20(25)23-13-9-18(10-14-23)17-7-5-4-6-8-17/h4-8,18-19H,9-16H2,1-3H3. The summed E-state index contributed by atoms with van der Waals surface area (Å²) in [5.74, 6) is 0.867. The zero-order chi connectivity index (χ0) is 19.4. The van der Waals surface area contributed by atoms with Crippen LogP contribution in [0, 0.1) is 5.92 Å². The highest BCUT2D eigenvalue weighted by Crippen LogP contribution is 2.30. The van der Waals surface area contributed by atoms with E-state index >= 15 is 0 Å². The number of hydrogen-bond acceptors (Lipinski definition) is 3. The molecule has 1 aromatic rings. The van der Waals surface area contributed by atoms with E-state index in [1.807, 2.05) is 31.7 Å². The van der Waals surface area contributed by atoms with Gasteiger partial charge in [-0.05, 0) is 57.9 Å². The van der Waals surface area contributed by atoms with Crippen LogP contribution in [0.15, 0.2) is 30.3 Å².